The minimum Gasteiger partial charge on any atom is -0.383 e. The van der Waals surface area contributed by atoms with Crippen LogP contribution >= 0.6 is 26.6 Å². The lowest BCUT2D eigenvalue weighted by molar-refractivity contribution is 0.0894. The van der Waals surface area contributed by atoms with Gasteiger partial charge >= 0.3 is 0 Å². The zero-order valence-electron chi connectivity index (χ0n) is 11.3. The predicted molar refractivity (Wildman–Crippen MR) is 80.6 cm³/mol. The SMILES string of the molecule is CCC(COC)NC(=O)c1cc(F)c(Br)c(S(=O)(=O)Cl)c1. The number of methoxy groups -OCH3 is 1. The molecule has 0 aromatic heterocycles. The molecule has 1 N–H and O–H groups in total. The van der Waals surface area contributed by atoms with Crippen LogP contribution < -0.4 is 5.32 Å². The van der Waals surface area contributed by atoms with Crippen LogP contribution in [0.2, 0.25) is 0 Å². The van der Waals surface area contributed by atoms with E-state index in [1.54, 1.807) is 0 Å². The topological polar surface area (TPSA) is 72.5 Å². The minimum absolute atomic E-state index is 0.135. The summed E-state index contributed by atoms with van der Waals surface area (Å²) in [5.41, 5.74) is -0.135. The molecular formula is C12H14BrClFNO4S. The fourth-order valence-corrected chi connectivity index (χ4v) is 3.70. The minimum atomic E-state index is -4.18. The number of amides is 1. The summed E-state index contributed by atoms with van der Waals surface area (Å²) in [6.07, 6.45) is 0.610. The van der Waals surface area contributed by atoms with E-state index in [4.69, 9.17) is 15.4 Å². The third-order valence-electron chi connectivity index (χ3n) is 2.72. The van der Waals surface area contributed by atoms with Gasteiger partial charge in [0.25, 0.3) is 15.0 Å². The number of carbonyl (C=O) groups is 1. The van der Waals surface area contributed by atoms with Crippen molar-refractivity contribution in [1.82, 2.24) is 5.32 Å². The first-order chi connectivity index (χ1) is 9.70. The lowest BCUT2D eigenvalue weighted by Gasteiger charge is -2.16. The summed E-state index contributed by atoms with van der Waals surface area (Å²) in [7, 11) is 2.54. The van der Waals surface area contributed by atoms with Crippen LogP contribution in [0.25, 0.3) is 0 Å². The van der Waals surface area contributed by atoms with E-state index in [1.165, 1.54) is 7.11 Å². The number of hydrogen-bond acceptors (Lipinski definition) is 4. The molecule has 1 amide bonds. The van der Waals surface area contributed by atoms with E-state index in [9.17, 15) is 17.6 Å². The Morgan fingerprint density at radius 3 is 2.62 bits per heavy atom. The standard InChI is InChI=1S/C12H14BrClFNO4S/c1-3-8(6-20-2)16-12(17)7-4-9(15)11(13)10(5-7)21(14,18)19/h4-5,8H,3,6H2,1-2H3,(H,16,17). The molecule has 0 aliphatic rings. The van der Waals surface area contributed by atoms with Crippen molar-refractivity contribution < 1.29 is 22.3 Å². The first kappa shape index (κ1) is 18.3. The molecule has 1 aromatic carbocycles. The van der Waals surface area contributed by atoms with E-state index in [2.05, 4.69) is 21.2 Å². The van der Waals surface area contributed by atoms with Gasteiger partial charge in [0.2, 0.25) is 0 Å². The molecule has 118 valence electrons. The maximum absolute atomic E-state index is 13.7. The molecule has 0 heterocycles. The van der Waals surface area contributed by atoms with E-state index in [-0.39, 0.29) is 16.1 Å². The van der Waals surface area contributed by atoms with Crippen molar-refractivity contribution >= 4 is 41.6 Å². The molecule has 0 spiro atoms. The Balaban J connectivity index is 3.14. The quantitative estimate of drug-likeness (QED) is 0.743. The molecular weight excluding hydrogens is 389 g/mol. The molecule has 0 aliphatic carbocycles. The molecule has 1 aromatic rings. The van der Waals surface area contributed by atoms with Crippen LogP contribution in [0.4, 0.5) is 4.39 Å². The van der Waals surface area contributed by atoms with Crippen molar-refractivity contribution in [2.45, 2.75) is 24.3 Å². The smallest absolute Gasteiger partial charge is 0.262 e. The van der Waals surface area contributed by atoms with Gasteiger partial charge in [0.1, 0.15) is 10.7 Å². The second kappa shape index (κ2) is 7.53. The Hall–Kier alpha value is -0.700. The van der Waals surface area contributed by atoms with Gasteiger partial charge in [0, 0.05) is 23.4 Å². The number of ether oxygens (including phenoxy) is 1. The molecule has 1 rings (SSSR count). The fraction of sp³-hybridized carbons (Fsp3) is 0.417. The van der Waals surface area contributed by atoms with Crippen molar-refractivity contribution in [3.63, 3.8) is 0 Å². The molecule has 0 saturated carbocycles. The molecule has 0 bridgehead atoms. The van der Waals surface area contributed by atoms with E-state index >= 15 is 0 Å². The van der Waals surface area contributed by atoms with E-state index in [0.717, 1.165) is 12.1 Å². The first-order valence-electron chi connectivity index (χ1n) is 5.94. The molecule has 1 unspecified atom stereocenters. The fourth-order valence-electron chi connectivity index (χ4n) is 1.60. The lowest BCUT2D eigenvalue weighted by Crippen LogP contribution is -2.37. The highest BCUT2D eigenvalue weighted by atomic mass is 79.9. The molecule has 0 aliphatic heterocycles. The molecule has 0 saturated heterocycles. The van der Waals surface area contributed by atoms with Gasteiger partial charge in [-0.05, 0) is 34.5 Å². The Morgan fingerprint density at radius 2 is 2.14 bits per heavy atom. The van der Waals surface area contributed by atoms with Gasteiger partial charge in [0.15, 0.2) is 0 Å². The maximum Gasteiger partial charge on any atom is 0.262 e. The second-order valence-corrected chi connectivity index (χ2v) is 7.57. The zero-order chi connectivity index (χ0) is 16.2. The number of nitrogens with one attached hydrogen (secondary N) is 1. The second-order valence-electron chi connectivity index (χ2n) is 4.24. The van der Waals surface area contributed by atoms with Crippen LogP contribution in [0, 0.1) is 5.82 Å². The number of benzene rings is 1. The summed E-state index contributed by atoms with van der Waals surface area (Å²) in [4.78, 5) is 11.6. The monoisotopic (exact) mass is 401 g/mol. The predicted octanol–water partition coefficient (Wildman–Crippen LogP) is 2.67. The molecule has 5 nitrogen and oxygen atoms in total. The third-order valence-corrected chi connectivity index (χ3v) is 5.13. The maximum atomic E-state index is 13.7. The Labute approximate surface area is 135 Å². The van der Waals surface area contributed by atoms with Gasteiger partial charge in [-0.15, -0.1) is 0 Å². The van der Waals surface area contributed by atoms with Crippen molar-refractivity contribution in [1.29, 1.82) is 0 Å². The van der Waals surface area contributed by atoms with E-state index in [0.29, 0.717) is 13.0 Å². The van der Waals surface area contributed by atoms with Gasteiger partial charge in [-0.3, -0.25) is 4.79 Å². The van der Waals surface area contributed by atoms with E-state index in [1.807, 2.05) is 6.92 Å². The van der Waals surface area contributed by atoms with Crippen LogP contribution in [-0.2, 0) is 13.8 Å². The number of halogens is 3. The average molecular weight is 403 g/mol. The van der Waals surface area contributed by atoms with Gasteiger partial charge in [-0.1, -0.05) is 6.92 Å². The third kappa shape index (κ3) is 4.91. The summed E-state index contributed by atoms with van der Waals surface area (Å²) >= 11 is 2.80. The van der Waals surface area contributed by atoms with Gasteiger partial charge < -0.3 is 10.1 Å². The zero-order valence-corrected chi connectivity index (χ0v) is 14.5. The van der Waals surface area contributed by atoms with E-state index < -0.39 is 25.7 Å². The van der Waals surface area contributed by atoms with Crippen LogP contribution in [0.5, 0.6) is 0 Å². The Morgan fingerprint density at radius 1 is 1.52 bits per heavy atom. The summed E-state index contributed by atoms with van der Waals surface area (Å²) in [6.45, 7) is 2.14. The normalized spacial score (nSPS) is 13.0. The Kier molecular flexibility index (Phi) is 6.58. The Bertz CT molecular complexity index is 638. The van der Waals surface area contributed by atoms with Crippen molar-refractivity contribution in [3.05, 3.63) is 28.0 Å². The number of hydrogen-bond donors (Lipinski definition) is 1. The summed E-state index contributed by atoms with van der Waals surface area (Å²) < 4.78 is 41.1. The molecule has 1 atom stereocenters. The summed E-state index contributed by atoms with van der Waals surface area (Å²) in [5.74, 6) is -1.49. The highest BCUT2D eigenvalue weighted by Crippen LogP contribution is 2.29. The first-order valence-corrected chi connectivity index (χ1v) is 9.04. The van der Waals surface area contributed by atoms with Gasteiger partial charge in [0.05, 0.1) is 17.1 Å². The van der Waals surface area contributed by atoms with Crippen LogP contribution in [0.15, 0.2) is 21.5 Å². The highest BCUT2D eigenvalue weighted by Gasteiger charge is 2.22. The van der Waals surface area contributed by atoms with Crippen molar-refractivity contribution in [2.24, 2.45) is 0 Å². The summed E-state index contributed by atoms with van der Waals surface area (Å²) in [6, 6.07) is 1.69. The van der Waals surface area contributed by atoms with Crippen LogP contribution in [0.3, 0.4) is 0 Å². The van der Waals surface area contributed by atoms with Gasteiger partial charge in [-0.25, -0.2) is 12.8 Å². The molecule has 0 fully saturated rings. The summed E-state index contributed by atoms with van der Waals surface area (Å²) in [5, 5.41) is 2.63. The van der Waals surface area contributed by atoms with Crippen LogP contribution in [0.1, 0.15) is 23.7 Å². The van der Waals surface area contributed by atoms with Gasteiger partial charge in [-0.2, -0.15) is 0 Å². The van der Waals surface area contributed by atoms with Crippen molar-refractivity contribution in [2.75, 3.05) is 13.7 Å². The molecule has 21 heavy (non-hydrogen) atoms. The number of carbonyl (C=O) groups excluding carboxylic acids is 1. The largest absolute Gasteiger partial charge is 0.383 e. The highest BCUT2D eigenvalue weighted by molar-refractivity contribution is 9.10. The molecule has 0 radical (unpaired) electrons. The van der Waals surface area contributed by atoms with Crippen LogP contribution in [-0.4, -0.2) is 34.1 Å². The molecule has 9 heteroatoms. The lowest BCUT2D eigenvalue weighted by atomic mass is 10.1. The van der Waals surface area contributed by atoms with Crippen molar-refractivity contribution in [3.8, 4) is 0 Å². The average Bonchev–Trinajstić information content (AvgIpc) is 2.39. The number of rotatable bonds is 6.